The minimum absolute atomic E-state index is 0.106. The summed E-state index contributed by atoms with van der Waals surface area (Å²) in [5.41, 5.74) is 3.15. The number of phenols is 1. The molecule has 202 valence electrons. The van der Waals surface area contributed by atoms with Gasteiger partial charge in [-0.2, -0.15) is 0 Å². The summed E-state index contributed by atoms with van der Waals surface area (Å²) in [6.45, 7) is 20.6. The van der Waals surface area contributed by atoms with Crippen LogP contribution < -0.4 is 4.90 Å². The second-order valence-electron chi connectivity index (χ2n) is 12.1. The first-order chi connectivity index (χ1) is 16.4. The maximum Gasteiger partial charge on any atom is 0.350 e. The van der Waals surface area contributed by atoms with E-state index in [-0.39, 0.29) is 29.3 Å². The first kappa shape index (κ1) is 30.7. The quantitative estimate of drug-likeness (QED) is 0.307. The van der Waals surface area contributed by atoms with Crippen LogP contribution in [0.25, 0.3) is 0 Å². The first-order valence-corrected chi connectivity index (χ1v) is 14.8. The highest BCUT2D eigenvalue weighted by Gasteiger charge is 2.33. The van der Waals surface area contributed by atoms with Gasteiger partial charge in [-0.3, -0.25) is 4.57 Å². The van der Waals surface area contributed by atoms with Crippen LogP contribution in [0.1, 0.15) is 85.9 Å². The number of phenolic OH excluding ortho intramolecular Hbond substituents is 1. The summed E-state index contributed by atoms with van der Waals surface area (Å²) in [4.78, 5) is 2.07. The Kier molecular flexibility index (Phi) is 10.1. The van der Waals surface area contributed by atoms with E-state index in [2.05, 4.69) is 46.4 Å². The van der Waals surface area contributed by atoms with Crippen molar-refractivity contribution >= 4 is 24.9 Å². The Morgan fingerprint density at radius 1 is 0.889 bits per heavy atom. The highest BCUT2D eigenvalue weighted by Crippen LogP contribution is 2.52. The van der Waals surface area contributed by atoms with Gasteiger partial charge in [0.05, 0.1) is 12.2 Å². The topological polar surface area (TPSA) is 59.0 Å². The maximum atomic E-state index is 14.0. The predicted molar refractivity (Wildman–Crippen MR) is 153 cm³/mol. The zero-order valence-electron chi connectivity index (χ0n) is 23.7. The van der Waals surface area contributed by atoms with Crippen molar-refractivity contribution in [2.75, 3.05) is 17.7 Å². The SMILES string of the molecule is CC(C)OP(=O)(CN(CCc1ccc(Cl)cc1)c1cc(C(C)(C)C)c(O)c(C(C)(C)C)c1)OC(C)C. The molecule has 0 atom stereocenters. The van der Waals surface area contributed by atoms with E-state index in [1.54, 1.807) is 0 Å². The van der Waals surface area contributed by atoms with Crippen LogP contribution >= 0.6 is 19.2 Å². The number of nitrogens with zero attached hydrogens (tertiary/aromatic N) is 1. The van der Waals surface area contributed by atoms with Crippen LogP contribution in [-0.2, 0) is 30.9 Å². The molecule has 0 aliphatic rings. The summed E-state index contributed by atoms with van der Waals surface area (Å²) in [7, 11) is -3.46. The van der Waals surface area contributed by atoms with Crippen LogP contribution in [0, 0.1) is 0 Å². The third kappa shape index (κ3) is 8.80. The van der Waals surface area contributed by atoms with Crippen molar-refractivity contribution in [2.45, 2.75) is 98.7 Å². The van der Waals surface area contributed by atoms with Crippen molar-refractivity contribution in [3.8, 4) is 5.75 Å². The third-order valence-electron chi connectivity index (χ3n) is 5.75. The molecule has 0 bridgehead atoms. The molecule has 0 aromatic heterocycles. The number of aromatic hydroxyl groups is 1. The highest BCUT2D eigenvalue weighted by atomic mass is 35.5. The predicted octanol–water partition coefficient (Wildman–Crippen LogP) is 8.69. The van der Waals surface area contributed by atoms with Crippen LogP contribution in [0.3, 0.4) is 0 Å². The monoisotopic (exact) mass is 537 g/mol. The fourth-order valence-electron chi connectivity index (χ4n) is 4.08. The Balaban J connectivity index is 2.63. The summed E-state index contributed by atoms with van der Waals surface area (Å²) < 4.78 is 25.8. The summed E-state index contributed by atoms with van der Waals surface area (Å²) in [5, 5.41) is 11.9. The second-order valence-corrected chi connectivity index (χ2v) is 14.5. The minimum Gasteiger partial charge on any atom is -0.507 e. The molecule has 2 aromatic carbocycles. The van der Waals surface area contributed by atoms with E-state index in [4.69, 9.17) is 20.6 Å². The Morgan fingerprint density at radius 2 is 1.33 bits per heavy atom. The van der Waals surface area contributed by atoms with Gasteiger partial charge in [-0.05, 0) is 74.8 Å². The average Bonchev–Trinajstić information content (AvgIpc) is 2.69. The molecule has 0 amide bonds. The molecule has 0 fully saturated rings. The van der Waals surface area contributed by atoms with Crippen molar-refractivity contribution in [3.63, 3.8) is 0 Å². The summed E-state index contributed by atoms with van der Waals surface area (Å²) in [5.74, 6) is 0.316. The highest BCUT2D eigenvalue weighted by molar-refractivity contribution is 7.54. The first-order valence-electron chi connectivity index (χ1n) is 12.7. The van der Waals surface area contributed by atoms with Gasteiger partial charge in [0.15, 0.2) is 0 Å². The lowest BCUT2D eigenvalue weighted by atomic mass is 9.79. The van der Waals surface area contributed by atoms with E-state index >= 15 is 0 Å². The van der Waals surface area contributed by atoms with Crippen molar-refractivity contribution in [1.29, 1.82) is 0 Å². The lowest BCUT2D eigenvalue weighted by molar-refractivity contribution is 0.142. The van der Waals surface area contributed by atoms with E-state index < -0.39 is 7.60 Å². The van der Waals surface area contributed by atoms with Crippen LogP contribution in [0.15, 0.2) is 36.4 Å². The van der Waals surface area contributed by atoms with Gasteiger partial charge in [0.25, 0.3) is 0 Å². The van der Waals surface area contributed by atoms with Gasteiger partial charge in [-0.25, -0.2) is 0 Å². The van der Waals surface area contributed by atoms with E-state index in [1.807, 2.05) is 64.1 Å². The van der Waals surface area contributed by atoms with Crippen LogP contribution in [0.2, 0.25) is 5.02 Å². The van der Waals surface area contributed by atoms with Crippen LogP contribution in [0.4, 0.5) is 5.69 Å². The molecule has 0 saturated carbocycles. The molecule has 7 heteroatoms. The second kappa shape index (κ2) is 11.9. The standard InChI is InChI=1S/C29H45ClNO4P/c1-20(2)34-36(33,35-21(3)4)19-31(16-15-22-11-13-23(30)14-12-22)24-17-25(28(5,6)7)27(32)26(18-24)29(8,9)10/h11-14,17-18,20-21,32H,15-16,19H2,1-10H3. The number of hydrogen-bond acceptors (Lipinski definition) is 5. The molecule has 0 unspecified atom stereocenters. The fraction of sp³-hybridized carbons (Fsp3) is 0.586. The number of hydrogen-bond donors (Lipinski definition) is 1. The molecule has 0 radical (unpaired) electrons. The van der Waals surface area contributed by atoms with Gasteiger partial charge in [0.1, 0.15) is 12.0 Å². The maximum absolute atomic E-state index is 14.0. The summed E-state index contributed by atoms with van der Waals surface area (Å²) in [6.07, 6.45) is 0.331. The largest absolute Gasteiger partial charge is 0.507 e. The smallest absolute Gasteiger partial charge is 0.350 e. The summed E-state index contributed by atoms with van der Waals surface area (Å²) >= 11 is 6.09. The molecule has 2 aromatic rings. The van der Waals surface area contributed by atoms with E-state index in [9.17, 15) is 9.67 Å². The van der Waals surface area contributed by atoms with Crippen molar-refractivity contribution in [2.24, 2.45) is 0 Å². The zero-order chi connectivity index (χ0) is 27.5. The summed E-state index contributed by atoms with van der Waals surface area (Å²) in [6, 6.07) is 11.8. The Bertz CT molecular complexity index is 1000. The van der Waals surface area contributed by atoms with Crippen molar-refractivity contribution in [1.82, 2.24) is 0 Å². The number of halogens is 1. The molecule has 0 spiro atoms. The molecule has 0 heterocycles. The van der Waals surface area contributed by atoms with Gasteiger partial charge in [-0.1, -0.05) is 65.3 Å². The molecule has 0 aliphatic heterocycles. The fourth-order valence-corrected chi connectivity index (χ4v) is 6.40. The molecule has 5 nitrogen and oxygen atoms in total. The van der Waals surface area contributed by atoms with Gasteiger partial charge in [-0.15, -0.1) is 0 Å². The molecule has 36 heavy (non-hydrogen) atoms. The molecular weight excluding hydrogens is 493 g/mol. The number of rotatable bonds is 10. The van der Waals surface area contributed by atoms with E-state index in [0.717, 1.165) is 28.8 Å². The molecule has 1 N–H and O–H groups in total. The third-order valence-corrected chi connectivity index (χ3v) is 8.17. The normalized spacial score (nSPS) is 13.0. The minimum atomic E-state index is -3.46. The Labute approximate surface area is 223 Å². The van der Waals surface area contributed by atoms with Crippen molar-refractivity contribution in [3.05, 3.63) is 58.1 Å². The van der Waals surface area contributed by atoms with E-state index in [1.165, 1.54) is 0 Å². The number of benzene rings is 2. The Morgan fingerprint density at radius 3 is 1.72 bits per heavy atom. The lowest BCUT2D eigenvalue weighted by Gasteiger charge is -2.34. The van der Waals surface area contributed by atoms with Gasteiger partial charge >= 0.3 is 7.60 Å². The van der Waals surface area contributed by atoms with Gasteiger partial charge in [0, 0.05) is 28.4 Å². The molecule has 0 aliphatic carbocycles. The number of anilines is 1. The van der Waals surface area contributed by atoms with Crippen LogP contribution in [-0.4, -0.2) is 30.1 Å². The van der Waals surface area contributed by atoms with Gasteiger partial charge < -0.3 is 19.1 Å². The van der Waals surface area contributed by atoms with Crippen molar-refractivity contribution < 1.29 is 18.7 Å². The molecular formula is C29H45ClNO4P. The molecule has 0 saturated heterocycles. The van der Waals surface area contributed by atoms with Gasteiger partial charge in [0.2, 0.25) is 0 Å². The molecule has 2 rings (SSSR count). The average molecular weight is 538 g/mol. The van der Waals surface area contributed by atoms with Crippen LogP contribution in [0.5, 0.6) is 5.75 Å². The lowest BCUT2D eigenvalue weighted by Crippen LogP contribution is -2.30. The zero-order valence-corrected chi connectivity index (χ0v) is 25.3. The Hall–Kier alpha value is -1.52. The van der Waals surface area contributed by atoms with E-state index in [0.29, 0.717) is 17.3 Å².